The van der Waals surface area contributed by atoms with Crippen LogP contribution in [0.2, 0.25) is 0 Å². The van der Waals surface area contributed by atoms with E-state index in [1.165, 1.54) is 4.90 Å². The molecule has 2 heterocycles. The van der Waals surface area contributed by atoms with Crippen molar-refractivity contribution >= 4 is 5.82 Å². The van der Waals surface area contributed by atoms with Crippen LogP contribution in [0.5, 0.6) is 0 Å². The second-order valence-electron chi connectivity index (χ2n) is 5.38. The predicted molar refractivity (Wildman–Crippen MR) is 76.4 cm³/mol. The molecule has 1 aromatic rings. The lowest BCUT2D eigenvalue weighted by atomic mass is 10.2. The van der Waals surface area contributed by atoms with Crippen molar-refractivity contribution < 1.29 is 13.2 Å². The summed E-state index contributed by atoms with van der Waals surface area (Å²) in [4.78, 5) is 8.00. The van der Waals surface area contributed by atoms with E-state index in [2.05, 4.69) is 15.2 Å². The Bertz CT molecular complexity index is 468. The topological polar surface area (TPSA) is 31.4 Å². The Hall–Kier alpha value is -1.34. The molecule has 0 aromatic carbocycles. The van der Waals surface area contributed by atoms with Crippen LogP contribution in [-0.4, -0.2) is 55.8 Å². The van der Waals surface area contributed by atoms with Crippen molar-refractivity contribution in [3.05, 3.63) is 23.4 Å². The smallest absolute Gasteiger partial charge is 0.354 e. The van der Waals surface area contributed by atoms with Gasteiger partial charge >= 0.3 is 6.18 Å². The number of hydrogen-bond acceptors (Lipinski definition) is 4. The van der Waals surface area contributed by atoms with Crippen LogP contribution >= 0.6 is 0 Å². The first kappa shape index (κ1) is 16.0. The fourth-order valence-corrected chi connectivity index (χ4v) is 2.58. The highest BCUT2D eigenvalue weighted by atomic mass is 19.4. The number of alkyl halides is 3. The minimum atomic E-state index is -4.12. The van der Waals surface area contributed by atoms with Crippen LogP contribution in [0.3, 0.4) is 0 Å². The van der Waals surface area contributed by atoms with Gasteiger partial charge in [0.25, 0.3) is 0 Å². The third-order valence-electron chi connectivity index (χ3n) is 3.48. The van der Waals surface area contributed by atoms with Gasteiger partial charge in [-0.2, -0.15) is 13.2 Å². The standard InChI is InChI=1S/C14H21F3N4/c1-11-7-12(9-18-2)8-13(19-11)21-5-3-20(4-6-21)10-14(15,16)17/h7-8,18H,3-6,9-10H2,1-2H3. The summed E-state index contributed by atoms with van der Waals surface area (Å²) in [5.41, 5.74) is 2.06. The van der Waals surface area contributed by atoms with Gasteiger partial charge in [-0.3, -0.25) is 4.90 Å². The summed E-state index contributed by atoms with van der Waals surface area (Å²) in [5.74, 6) is 0.854. The average Bonchev–Trinajstić information content (AvgIpc) is 2.37. The lowest BCUT2D eigenvalue weighted by Crippen LogP contribution is -2.49. The number of halogens is 3. The monoisotopic (exact) mass is 302 g/mol. The van der Waals surface area contributed by atoms with Gasteiger partial charge < -0.3 is 10.2 Å². The number of anilines is 1. The molecule has 1 aliphatic rings. The summed E-state index contributed by atoms with van der Waals surface area (Å²) in [5, 5.41) is 3.09. The lowest BCUT2D eigenvalue weighted by molar-refractivity contribution is -0.146. The maximum Gasteiger partial charge on any atom is 0.401 e. The molecule has 0 aliphatic carbocycles. The summed E-state index contributed by atoms with van der Waals surface area (Å²) in [6.45, 7) is 3.84. The van der Waals surface area contributed by atoms with Crippen molar-refractivity contribution in [2.75, 3.05) is 44.7 Å². The highest BCUT2D eigenvalue weighted by Gasteiger charge is 2.32. The maximum atomic E-state index is 12.4. The molecule has 1 aliphatic heterocycles. The molecule has 0 radical (unpaired) electrons. The Morgan fingerprint density at radius 1 is 1.19 bits per heavy atom. The number of piperazine rings is 1. The van der Waals surface area contributed by atoms with E-state index in [1.807, 2.05) is 26.1 Å². The Morgan fingerprint density at radius 2 is 1.86 bits per heavy atom. The number of pyridine rings is 1. The molecule has 0 amide bonds. The van der Waals surface area contributed by atoms with E-state index >= 15 is 0 Å². The number of aryl methyl sites for hydroxylation is 1. The van der Waals surface area contributed by atoms with Crippen LogP contribution < -0.4 is 10.2 Å². The van der Waals surface area contributed by atoms with E-state index in [0.717, 1.165) is 23.6 Å². The molecule has 1 aromatic heterocycles. The van der Waals surface area contributed by atoms with Crippen molar-refractivity contribution in [1.29, 1.82) is 0 Å². The predicted octanol–water partition coefficient (Wildman–Crippen LogP) is 1.79. The quantitative estimate of drug-likeness (QED) is 0.919. The minimum Gasteiger partial charge on any atom is -0.354 e. The number of nitrogens with zero attached hydrogens (tertiary/aromatic N) is 3. The van der Waals surface area contributed by atoms with Crippen molar-refractivity contribution in [2.24, 2.45) is 0 Å². The minimum absolute atomic E-state index is 0.413. The molecular weight excluding hydrogens is 281 g/mol. The van der Waals surface area contributed by atoms with Gasteiger partial charge in [0.1, 0.15) is 5.82 Å². The first-order chi connectivity index (χ1) is 9.87. The van der Waals surface area contributed by atoms with Crippen LogP contribution in [0.25, 0.3) is 0 Å². The zero-order valence-electron chi connectivity index (χ0n) is 12.4. The summed E-state index contributed by atoms with van der Waals surface area (Å²) in [7, 11) is 1.88. The van der Waals surface area contributed by atoms with E-state index < -0.39 is 12.7 Å². The van der Waals surface area contributed by atoms with E-state index in [1.54, 1.807) is 0 Å². The van der Waals surface area contributed by atoms with Gasteiger partial charge in [0.15, 0.2) is 0 Å². The third kappa shape index (κ3) is 4.86. The first-order valence-corrected chi connectivity index (χ1v) is 7.03. The fourth-order valence-electron chi connectivity index (χ4n) is 2.58. The zero-order chi connectivity index (χ0) is 15.5. The number of rotatable bonds is 4. The normalized spacial score (nSPS) is 17.3. The van der Waals surface area contributed by atoms with Gasteiger partial charge in [0.2, 0.25) is 0 Å². The Balaban J connectivity index is 1.98. The highest BCUT2D eigenvalue weighted by molar-refractivity contribution is 5.43. The van der Waals surface area contributed by atoms with Gasteiger partial charge in [-0.1, -0.05) is 0 Å². The second kappa shape index (κ2) is 6.62. The number of nitrogens with one attached hydrogen (secondary N) is 1. The Morgan fingerprint density at radius 3 is 2.43 bits per heavy atom. The largest absolute Gasteiger partial charge is 0.401 e. The molecule has 7 heteroatoms. The van der Waals surface area contributed by atoms with Crippen LogP contribution in [-0.2, 0) is 6.54 Å². The van der Waals surface area contributed by atoms with Gasteiger partial charge in [-0.05, 0) is 31.7 Å². The average molecular weight is 302 g/mol. The molecule has 1 saturated heterocycles. The first-order valence-electron chi connectivity index (χ1n) is 7.03. The molecule has 21 heavy (non-hydrogen) atoms. The summed E-state index contributed by atoms with van der Waals surface area (Å²) < 4.78 is 37.1. The molecule has 2 rings (SSSR count). The lowest BCUT2D eigenvalue weighted by Gasteiger charge is -2.35. The fraction of sp³-hybridized carbons (Fsp3) is 0.643. The Kier molecular flexibility index (Phi) is 5.05. The van der Waals surface area contributed by atoms with Crippen LogP contribution in [0.15, 0.2) is 12.1 Å². The molecule has 1 fully saturated rings. The Labute approximate surface area is 122 Å². The third-order valence-corrected chi connectivity index (χ3v) is 3.48. The van der Waals surface area contributed by atoms with Crippen molar-refractivity contribution in [1.82, 2.24) is 15.2 Å². The number of aromatic nitrogens is 1. The second-order valence-corrected chi connectivity index (χ2v) is 5.38. The van der Waals surface area contributed by atoms with E-state index in [4.69, 9.17) is 0 Å². The van der Waals surface area contributed by atoms with Gasteiger partial charge in [0, 0.05) is 38.4 Å². The number of hydrogen-bond donors (Lipinski definition) is 1. The van der Waals surface area contributed by atoms with Crippen LogP contribution in [0.1, 0.15) is 11.3 Å². The van der Waals surface area contributed by atoms with Gasteiger partial charge in [-0.15, -0.1) is 0 Å². The van der Waals surface area contributed by atoms with Crippen LogP contribution in [0.4, 0.5) is 19.0 Å². The summed E-state index contributed by atoms with van der Waals surface area (Å²) in [6.07, 6.45) is -4.12. The molecular formula is C14H21F3N4. The molecule has 0 atom stereocenters. The molecule has 0 bridgehead atoms. The highest BCUT2D eigenvalue weighted by Crippen LogP contribution is 2.20. The van der Waals surface area contributed by atoms with Crippen LogP contribution in [0, 0.1) is 6.92 Å². The van der Waals surface area contributed by atoms with E-state index in [-0.39, 0.29) is 0 Å². The summed E-state index contributed by atoms with van der Waals surface area (Å²) >= 11 is 0. The van der Waals surface area contributed by atoms with Gasteiger partial charge in [0.05, 0.1) is 6.54 Å². The van der Waals surface area contributed by atoms with Crippen molar-refractivity contribution in [3.63, 3.8) is 0 Å². The van der Waals surface area contributed by atoms with E-state index in [0.29, 0.717) is 26.2 Å². The van der Waals surface area contributed by atoms with Crippen molar-refractivity contribution in [2.45, 2.75) is 19.6 Å². The summed E-state index contributed by atoms with van der Waals surface area (Å²) in [6, 6.07) is 4.02. The molecule has 0 spiro atoms. The maximum absolute atomic E-state index is 12.4. The van der Waals surface area contributed by atoms with Crippen molar-refractivity contribution in [3.8, 4) is 0 Å². The zero-order valence-corrected chi connectivity index (χ0v) is 12.4. The molecule has 1 N–H and O–H groups in total. The molecule has 118 valence electrons. The van der Waals surface area contributed by atoms with E-state index in [9.17, 15) is 13.2 Å². The molecule has 0 unspecified atom stereocenters. The molecule has 0 saturated carbocycles. The molecule has 4 nitrogen and oxygen atoms in total. The SMILES string of the molecule is CNCc1cc(C)nc(N2CCN(CC(F)(F)F)CC2)c1. The van der Waals surface area contributed by atoms with Gasteiger partial charge in [-0.25, -0.2) is 4.98 Å².